The molecule has 1 aliphatic heterocycles. The molecule has 0 saturated heterocycles. The second-order valence-corrected chi connectivity index (χ2v) is 7.28. The van der Waals surface area contributed by atoms with Crippen LogP contribution in [0.15, 0.2) is 65.1 Å². The first kappa shape index (κ1) is 19.8. The smallest absolute Gasteiger partial charge is 0.247 e. The van der Waals surface area contributed by atoms with Crippen LogP contribution < -0.4 is 9.47 Å². The van der Waals surface area contributed by atoms with Crippen LogP contribution in [0.25, 0.3) is 6.08 Å². The first-order valence-corrected chi connectivity index (χ1v) is 9.95. The number of carbonyl (C=O) groups excluding carboxylic acids is 1. The first-order valence-electron chi connectivity index (χ1n) is 9.95. The fourth-order valence-electron chi connectivity index (χ4n) is 3.97. The Morgan fingerprint density at radius 3 is 2.47 bits per heavy atom. The molecule has 5 heteroatoms. The molecule has 0 unspecified atom stereocenters. The molecule has 5 nitrogen and oxygen atoms in total. The van der Waals surface area contributed by atoms with Crippen LogP contribution in [0.1, 0.15) is 34.3 Å². The van der Waals surface area contributed by atoms with E-state index >= 15 is 0 Å². The third-order valence-corrected chi connectivity index (χ3v) is 5.42. The van der Waals surface area contributed by atoms with Crippen LogP contribution in [0.5, 0.6) is 11.5 Å². The van der Waals surface area contributed by atoms with Crippen LogP contribution in [0, 0.1) is 6.92 Å². The molecule has 0 fully saturated rings. The Bertz CT molecular complexity index is 1070. The molecule has 3 aromatic rings. The first-order chi connectivity index (χ1) is 14.6. The van der Waals surface area contributed by atoms with E-state index in [1.165, 1.54) is 0 Å². The highest BCUT2D eigenvalue weighted by molar-refractivity contribution is 5.92. The Morgan fingerprint density at radius 2 is 1.80 bits per heavy atom. The summed E-state index contributed by atoms with van der Waals surface area (Å²) >= 11 is 0. The molecule has 0 N–H and O–H groups in total. The van der Waals surface area contributed by atoms with Crippen LogP contribution in [-0.4, -0.2) is 31.6 Å². The van der Waals surface area contributed by atoms with Crippen LogP contribution in [0.3, 0.4) is 0 Å². The largest absolute Gasteiger partial charge is 0.493 e. The molecular weight excluding hydrogens is 378 g/mol. The van der Waals surface area contributed by atoms with Gasteiger partial charge in [-0.15, -0.1) is 0 Å². The number of hydrogen-bond acceptors (Lipinski definition) is 4. The molecule has 1 aromatic heterocycles. The van der Waals surface area contributed by atoms with Crippen molar-refractivity contribution in [3.63, 3.8) is 0 Å². The number of aryl methyl sites for hydroxylation is 1. The Balaban J connectivity index is 1.74. The highest BCUT2D eigenvalue weighted by Crippen LogP contribution is 2.41. The fourth-order valence-corrected chi connectivity index (χ4v) is 3.97. The molecule has 0 saturated carbocycles. The van der Waals surface area contributed by atoms with Gasteiger partial charge in [0, 0.05) is 12.6 Å². The third-order valence-electron chi connectivity index (χ3n) is 5.42. The van der Waals surface area contributed by atoms with Crippen LogP contribution in [0.4, 0.5) is 0 Å². The minimum Gasteiger partial charge on any atom is -0.493 e. The summed E-state index contributed by atoms with van der Waals surface area (Å²) in [4.78, 5) is 15.1. The quantitative estimate of drug-likeness (QED) is 0.575. The molecule has 1 aliphatic rings. The predicted octanol–water partition coefficient (Wildman–Crippen LogP) is 4.79. The van der Waals surface area contributed by atoms with E-state index in [0.29, 0.717) is 23.8 Å². The van der Waals surface area contributed by atoms with Crippen LogP contribution >= 0.6 is 0 Å². The van der Waals surface area contributed by atoms with Gasteiger partial charge in [0.1, 0.15) is 11.5 Å². The van der Waals surface area contributed by atoms with Gasteiger partial charge in [0.2, 0.25) is 5.91 Å². The number of methoxy groups -OCH3 is 2. The molecule has 2 heterocycles. The number of rotatable bonds is 5. The van der Waals surface area contributed by atoms with Crippen molar-refractivity contribution in [2.24, 2.45) is 0 Å². The Labute approximate surface area is 176 Å². The van der Waals surface area contributed by atoms with Gasteiger partial charge < -0.3 is 18.8 Å². The maximum atomic E-state index is 13.2. The molecule has 0 radical (unpaired) electrons. The predicted molar refractivity (Wildman–Crippen MR) is 116 cm³/mol. The Kier molecular flexibility index (Phi) is 5.61. The zero-order chi connectivity index (χ0) is 21.1. The highest BCUT2D eigenvalue weighted by atomic mass is 16.5. The number of carbonyl (C=O) groups is 1. The molecule has 0 bridgehead atoms. The van der Waals surface area contributed by atoms with Gasteiger partial charge in [0.25, 0.3) is 0 Å². The molecule has 0 aliphatic carbocycles. The lowest BCUT2D eigenvalue weighted by Gasteiger charge is -2.37. The van der Waals surface area contributed by atoms with E-state index in [0.717, 1.165) is 28.9 Å². The minimum absolute atomic E-state index is 0.0571. The number of amides is 1. The Hall–Kier alpha value is -3.47. The molecule has 4 rings (SSSR count). The second kappa shape index (κ2) is 8.49. The van der Waals surface area contributed by atoms with E-state index in [4.69, 9.17) is 13.9 Å². The molecule has 2 aromatic carbocycles. The summed E-state index contributed by atoms with van der Waals surface area (Å²) in [7, 11) is 3.26. The lowest BCUT2D eigenvalue weighted by molar-refractivity contribution is -0.128. The van der Waals surface area contributed by atoms with Crippen molar-refractivity contribution in [1.29, 1.82) is 0 Å². The van der Waals surface area contributed by atoms with E-state index in [-0.39, 0.29) is 11.9 Å². The topological polar surface area (TPSA) is 51.9 Å². The van der Waals surface area contributed by atoms with Crippen molar-refractivity contribution in [2.75, 3.05) is 20.8 Å². The van der Waals surface area contributed by atoms with Crippen molar-refractivity contribution in [2.45, 2.75) is 19.4 Å². The molecule has 0 spiro atoms. The third kappa shape index (κ3) is 3.83. The van der Waals surface area contributed by atoms with Crippen LogP contribution in [0.2, 0.25) is 0 Å². The van der Waals surface area contributed by atoms with Gasteiger partial charge in [-0.1, -0.05) is 30.3 Å². The zero-order valence-electron chi connectivity index (χ0n) is 17.4. The average molecular weight is 403 g/mol. The van der Waals surface area contributed by atoms with Crippen molar-refractivity contribution in [3.8, 4) is 11.5 Å². The number of ether oxygens (including phenoxy) is 2. The highest BCUT2D eigenvalue weighted by Gasteiger charge is 2.32. The number of hydrogen-bond donors (Lipinski definition) is 0. The van der Waals surface area contributed by atoms with Gasteiger partial charge in [-0.05, 0) is 60.4 Å². The van der Waals surface area contributed by atoms with E-state index < -0.39 is 0 Å². The van der Waals surface area contributed by atoms with Crippen molar-refractivity contribution >= 4 is 12.0 Å². The zero-order valence-corrected chi connectivity index (χ0v) is 17.4. The number of fused-ring (bicyclic) bond motifs is 1. The van der Waals surface area contributed by atoms with Crippen molar-refractivity contribution in [1.82, 2.24) is 4.90 Å². The summed E-state index contributed by atoms with van der Waals surface area (Å²) in [5, 5.41) is 0. The van der Waals surface area contributed by atoms with Gasteiger partial charge in [-0.3, -0.25) is 4.79 Å². The monoisotopic (exact) mass is 403 g/mol. The molecule has 1 amide bonds. The fraction of sp³-hybridized carbons (Fsp3) is 0.240. The average Bonchev–Trinajstić information content (AvgIpc) is 3.21. The summed E-state index contributed by atoms with van der Waals surface area (Å²) in [5.74, 6) is 2.79. The maximum Gasteiger partial charge on any atom is 0.247 e. The standard InChI is InChI=1S/C25H25NO4/c1-17-9-10-20(30-17)11-12-24(27)26-14-13-19-15-22(28-2)23(29-3)16-21(19)25(26)18-7-5-4-6-8-18/h4-12,15-16,25H,13-14H2,1-3H3/b12-11-/t25-/m1/s1. The number of benzene rings is 2. The van der Waals surface area contributed by atoms with Gasteiger partial charge in [-0.25, -0.2) is 0 Å². The summed E-state index contributed by atoms with van der Waals surface area (Å²) in [5.41, 5.74) is 3.28. The van der Waals surface area contributed by atoms with Crippen molar-refractivity contribution in [3.05, 3.63) is 88.9 Å². The van der Waals surface area contributed by atoms with Gasteiger partial charge in [0.05, 0.1) is 20.3 Å². The lowest BCUT2D eigenvalue weighted by Crippen LogP contribution is -2.39. The van der Waals surface area contributed by atoms with Gasteiger partial charge in [-0.2, -0.15) is 0 Å². The van der Waals surface area contributed by atoms with E-state index in [1.54, 1.807) is 26.4 Å². The van der Waals surface area contributed by atoms with Crippen molar-refractivity contribution < 1.29 is 18.7 Å². The molecular formula is C25H25NO4. The van der Waals surface area contributed by atoms with Crippen LogP contribution in [-0.2, 0) is 11.2 Å². The second-order valence-electron chi connectivity index (χ2n) is 7.28. The summed E-state index contributed by atoms with van der Waals surface area (Å²) in [6, 6.07) is 17.6. The number of nitrogens with zero attached hydrogens (tertiary/aromatic N) is 1. The summed E-state index contributed by atoms with van der Waals surface area (Å²) < 4.78 is 16.6. The minimum atomic E-state index is -0.203. The lowest BCUT2D eigenvalue weighted by atomic mass is 9.87. The van der Waals surface area contributed by atoms with Gasteiger partial charge in [0.15, 0.2) is 11.5 Å². The maximum absolute atomic E-state index is 13.2. The normalized spacial score (nSPS) is 15.8. The van der Waals surface area contributed by atoms with E-state index in [1.807, 2.05) is 54.3 Å². The molecule has 30 heavy (non-hydrogen) atoms. The number of furan rings is 1. The summed E-state index contributed by atoms with van der Waals surface area (Å²) in [6.45, 7) is 2.50. The van der Waals surface area contributed by atoms with Gasteiger partial charge >= 0.3 is 0 Å². The SMILES string of the molecule is COc1cc2c(cc1OC)[C@@H](c1ccccc1)N(C(=O)/C=C\c1ccc(C)o1)CC2. The summed E-state index contributed by atoms with van der Waals surface area (Å²) in [6.07, 6.45) is 4.06. The van der Waals surface area contributed by atoms with E-state index in [9.17, 15) is 4.79 Å². The Morgan fingerprint density at radius 1 is 1.07 bits per heavy atom. The molecule has 154 valence electrons. The molecule has 1 atom stereocenters. The van der Waals surface area contributed by atoms with E-state index in [2.05, 4.69) is 12.1 Å².